The molecule has 0 aromatic carbocycles. The van der Waals surface area contributed by atoms with Crippen molar-refractivity contribution >= 4 is 5.82 Å². The van der Waals surface area contributed by atoms with Crippen molar-refractivity contribution in [3.8, 4) is 5.88 Å². The molecule has 84 valence electrons. The maximum absolute atomic E-state index is 5.63. The second-order valence-electron chi connectivity index (χ2n) is 3.14. The Hall–Kier alpha value is -1.36. The van der Waals surface area contributed by atoms with Gasteiger partial charge in [0, 0.05) is 19.6 Å². The third kappa shape index (κ3) is 4.12. The number of rotatable bonds is 6. The van der Waals surface area contributed by atoms with Crippen LogP contribution >= 0.6 is 0 Å². The molecule has 0 radical (unpaired) electrons. The summed E-state index contributed by atoms with van der Waals surface area (Å²) < 4.78 is 10.2. The SMILES string of the molecule is CCCc1nc(N)cc(OCCOC)n1. The fraction of sp³-hybridized carbons (Fsp3) is 0.600. The smallest absolute Gasteiger partial charge is 0.218 e. The van der Waals surface area contributed by atoms with Gasteiger partial charge in [0.1, 0.15) is 18.2 Å². The van der Waals surface area contributed by atoms with Crippen LogP contribution in [0.4, 0.5) is 5.82 Å². The highest BCUT2D eigenvalue weighted by Crippen LogP contribution is 2.11. The van der Waals surface area contributed by atoms with Gasteiger partial charge >= 0.3 is 0 Å². The Morgan fingerprint density at radius 2 is 2.13 bits per heavy atom. The van der Waals surface area contributed by atoms with Crippen molar-refractivity contribution in [1.82, 2.24) is 9.97 Å². The van der Waals surface area contributed by atoms with Crippen LogP contribution in [0.2, 0.25) is 0 Å². The van der Waals surface area contributed by atoms with Gasteiger partial charge in [0.25, 0.3) is 0 Å². The summed E-state index contributed by atoms with van der Waals surface area (Å²) in [6.45, 7) is 3.07. The minimum Gasteiger partial charge on any atom is -0.475 e. The van der Waals surface area contributed by atoms with Crippen molar-refractivity contribution in [2.75, 3.05) is 26.1 Å². The van der Waals surface area contributed by atoms with Crippen LogP contribution in [0.1, 0.15) is 19.2 Å². The predicted molar refractivity (Wildman–Crippen MR) is 57.8 cm³/mol. The molecule has 0 aliphatic carbocycles. The maximum Gasteiger partial charge on any atom is 0.218 e. The molecule has 2 N–H and O–H groups in total. The van der Waals surface area contributed by atoms with Gasteiger partial charge in [-0.25, -0.2) is 4.98 Å². The first-order valence-corrected chi connectivity index (χ1v) is 5.01. The van der Waals surface area contributed by atoms with Crippen LogP contribution in [0.15, 0.2) is 6.07 Å². The minimum absolute atomic E-state index is 0.445. The molecule has 5 heteroatoms. The quantitative estimate of drug-likeness (QED) is 0.712. The third-order valence-electron chi connectivity index (χ3n) is 1.78. The highest BCUT2D eigenvalue weighted by molar-refractivity contribution is 5.32. The highest BCUT2D eigenvalue weighted by Gasteiger charge is 2.02. The molecular formula is C10H17N3O2. The van der Waals surface area contributed by atoms with Crippen LogP contribution in [-0.4, -0.2) is 30.3 Å². The van der Waals surface area contributed by atoms with Crippen LogP contribution in [0, 0.1) is 0 Å². The van der Waals surface area contributed by atoms with E-state index >= 15 is 0 Å². The van der Waals surface area contributed by atoms with Crippen LogP contribution in [0.3, 0.4) is 0 Å². The van der Waals surface area contributed by atoms with E-state index in [2.05, 4.69) is 16.9 Å². The van der Waals surface area contributed by atoms with Crippen LogP contribution < -0.4 is 10.5 Å². The number of aryl methyl sites for hydroxylation is 1. The van der Waals surface area contributed by atoms with Crippen molar-refractivity contribution in [3.05, 3.63) is 11.9 Å². The van der Waals surface area contributed by atoms with Crippen molar-refractivity contribution in [1.29, 1.82) is 0 Å². The second-order valence-corrected chi connectivity index (χ2v) is 3.14. The minimum atomic E-state index is 0.445. The van der Waals surface area contributed by atoms with Crippen molar-refractivity contribution in [2.24, 2.45) is 0 Å². The van der Waals surface area contributed by atoms with Crippen LogP contribution in [0.25, 0.3) is 0 Å². The lowest BCUT2D eigenvalue weighted by molar-refractivity contribution is 0.143. The molecule has 0 unspecified atom stereocenters. The lowest BCUT2D eigenvalue weighted by Crippen LogP contribution is -2.08. The summed E-state index contributed by atoms with van der Waals surface area (Å²) in [5.74, 6) is 1.69. The monoisotopic (exact) mass is 211 g/mol. The van der Waals surface area contributed by atoms with E-state index in [4.69, 9.17) is 15.2 Å². The first-order valence-electron chi connectivity index (χ1n) is 5.01. The molecule has 0 saturated carbocycles. The van der Waals surface area contributed by atoms with Gasteiger partial charge in [-0.3, -0.25) is 0 Å². The molecule has 0 aliphatic rings. The average molecular weight is 211 g/mol. The predicted octanol–water partition coefficient (Wildman–Crippen LogP) is 1.04. The molecular weight excluding hydrogens is 194 g/mol. The molecule has 0 amide bonds. The van der Waals surface area contributed by atoms with Gasteiger partial charge in [-0.2, -0.15) is 4.98 Å². The van der Waals surface area contributed by atoms with E-state index < -0.39 is 0 Å². The van der Waals surface area contributed by atoms with Gasteiger partial charge in [0.2, 0.25) is 5.88 Å². The molecule has 0 atom stereocenters. The summed E-state index contributed by atoms with van der Waals surface area (Å²) in [5, 5.41) is 0. The van der Waals surface area contributed by atoms with Gasteiger partial charge in [0.15, 0.2) is 0 Å². The summed E-state index contributed by atoms with van der Waals surface area (Å²) in [6.07, 6.45) is 1.80. The molecule has 1 aromatic rings. The van der Waals surface area contributed by atoms with Gasteiger partial charge in [0.05, 0.1) is 6.61 Å². The number of anilines is 1. The zero-order valence-corrected chi connectivity index (χ0v) is 9.19. The number of nitrogen functional groups attached to an aromatic ring is 1. The molecule has 1 rings (SSSR count). The Morgan fingerprint density at radius 1 is 1.33 bits per heavy atom. The van der Waals surface area contributed by atoms with Crippen molar-refractivity contribution < 1.29 is 9.47 Å². The number of hydrogen-bond donors (Lipinski definition) is 1. The van der Waals surface area contributed by atoms with E-state index in [-0.39, 0.29) is 0 Å². The van der Waals surface area contributed by atoms with Gasteiger partial charge in [-0.15, -0.1) is 0 Å². The first kappa shape index (κ1) is 11.7. The number of nitrogens with two attached hydrogens (primary N) is 1. The van der Waals surface area contributed by atoms with Crippen LogP contribution in [0.5, 0.6) is 5.88 Å². The Bertz CT molecular complexity index is 305. The Kier molecular flexibility index (Phi) is 4.83. The van der Waals surface area contributed by atoms with Gasteiger partial charge in [-0.1, -0.05) is 6.92 Å². The third-order valence-corrected chi connectivity index (χ3v) is 1.78. The normalized spacial score (nSPS) is 10.3. The van der Waals surface area contributed by atoms with E-state index in [0.717, 1.165) is 18.7 Å². The van der Waals surface area contributed by atoms with E-state index in [1.165, 1.54) is 0 Å². The molecule has 5 nitrogen and oxygen atoms in total. The summed E-state index contributed by atoms with van der Waals surface area (Å²) in [6, 6.07) is 1.62. The lowest BCUT2D eigenvalue weighted by Gasteiger charge is -2.06. The van der Waals surface area contributed by atoms with Gasteiger partial charge < -0.3 is 15.2 Å². The molecule has 0 bridgehead atoms. The van der Waals surface area contributed by atoms with Crippen LogP contribution in [-0.2, 0) is 11.2 Å². The molecule has 0 spiro atoms. The lowest BCUT2D eigenvalue weighted by atomic mass is 10.3. The molecule has 1 aromatic heterocycles. The summed E-state index contributed by atoms with van der Waals surface area (Å²) in [7, 11) is 1.63. The van der Waals surface area contributed by atoms with Crippen molar-refractivity contribution in [3.63, 3.8) is 0 Å². The fourth-order valence-corrected chi connectivity index (χ4v) is 1.13. The van der Waals surface area contributed by atoms with E-state index in [9.17, 15) is 0 Å². The first-order chi connectivity index (χ1) is 7.26. The molecule has 0 saturated heterocycles. The number of ether oxygens (including phenoxy) is 2. The van der Waals surface area contributed by atoms with E-state index in [1.54, 1.807) is 13.2 Å². The Balaban J connectivity index is 2.62. The van der Waals surface area contributed by atoms with E-state index in [1.807, 2.05) is 0 Å². The standard InChI is InChI=1S/C10H17N3O2/c1-3-4-9-12-8(11)7-10(13-9)15-6-5-14-2/h7H,3-6H2,1-2H3,(H2,11,12,13). The summed E-state index contributed by atoms with van der Waals surface area (Å²) in [4.78, 5) is 8.33. The second kappa shape index (κ2) is 6.19. The molecule has 1 heterocycles. The molecule has 15 heavy (non-hydrogen) atoms. The Labute approximate surface area is 89.6 Å². The van der Waals surface area contributed by atoms with Crippen molar-refractivity contribution in [2.45, 2.75) is 19.8 Å². The molecule has 0 aliphatic heterocycles. The van der Waals surface area contributed by atoms with Gasteiger partial charge in [-0.05, 0) is 6.42 Å². The maximum atomic E-state index is 5.63. The average Bonchev–Trinajstić information content (AvgIpc) is 2.18. The highest BCUT2D eigenvalue weighted by atomic mass is 16.5. The Morgan fingerprint density at radius 3 is 2.80 bits per heavy atom. The largest absolute Gasteiger partial charge is 0.475 e. The number of aromatic nitrogens is 2. The fourth-order valence-electron chi connectivity index (χ4n) is 1.13. The number of hydrogen-bond acceptors (Lipinski definition) is 5. The number of methoxy groups -OCH3 is 1. The summed E-state index contributed by atoms with van der Waals surface area (Å²) >= 11 is 0. The zero-order valence-electron chi connectivity index (χ0n) is 9.19. The number of nitrogens with zero attached hydrogens (tertiary/aromatic N) is 2. The topological polar surface area (TPSA) is 70.3 Å². The zero-order chi connectivity index (χ0) is 11.1. The summed E-state index contributed by atoms with van der Waals surface area (Å²) in [5.41, 5.74) is 5.63. The van der Waals surface area contributed by atoms with E-state index in [0.29, 0.717) is 24.9 Å². The molecule has 0 fully saturated rings.